The van der Waals surface area contributed by atoms with Crippen LogP contribution in [0.15, 0.2) is 45.4 Å². The van der Waals surface area contributed by atoms with Gasteiger partial charge in [-0.1, -0.05) is 23.9 Å². The first-order valence-electron chi connectivity index (χ1n) is 7.53. The molecule has 1 N–H and O–H groups in total. The van der Waals surface area contributed by atoms with E-state index < -0.39 is 0 Å². The summed E-state index contributed by atoms with van der Waals surface area (Å²) in [6, 6.07) is 11.3. The number of nitrogens with one attached hydrogen (secondary N) is 1. The lowest BCUT2D eigenvalue weighted by Gasteiger charge is -2.01. The molecular weight excluding hydrogens is 372 g/mol. The highest BCUT2D eigenvalue weighted by molar-refractivity contribution is 7.99. The molecule has 0 aliphatic rings. The summed E-state index contributed by atoms with van der Waals surface area (Å²) in [5, 5.41) is 22.2. The van der Waals surface area contributed by atoms with Crippen molar-refractivity contribution in [2.24, 2.45) is 0 Å². The predicted octanol–water partition coefficient (Wildman–Crippen LogP) is 3.33. The van der Waals surface area contributed by atoms with Gasteiger partial charge in [-0.3, -0.25) is 4.79 Å². The smallest absolute Gasteiger partial charge is 0.277 e. The first-order chi connectivity index (χ1) is 12.7. The predicted molar refractivity (Wildman–Crippen MR) is 98.5 cm³/mol. The van der Waals surface area contributed by atoms with E-state index in [1.165, 1.54) is 11.3 Å². The maximum atomic E-state index is 12.0. The third-order valence-electron chi connectivity index (χ3n) is 3.33. The van der Waals surface area contributed by atoms with Crippen LogP contribution < -0.4 is 10.1 Å². The van der Waals surface area contributed by atoms with E-state index in [0.29, 0.717) is 28.1 Å². The Bertz CT molecular complexity index is 928. The van der Waals surface area contributed by atoms with Gasteiger partial charge in [0.05, 0.1) is 24.8 Å². The number of thioether (sulfide) groups is 1. The van der Waals surface area contributed by atoms with Crippen LogP contribution in [0, 0.1) is 11.3 Å². The number of nitriles is 1. The molecule has 0 unspecified atom stereocenters. The van der Waals surface area contributed by atoms with Crippen LogP contribution in [0.25, 0.3) is 0 Å². The summed E-state index contributed by atoms with van der Waals surface area (Å²) >= 11 is 2.46. The second-order valence-corrected chi connectivity index (χ2v) is 6.94. The number of hydrogen-bond donors (Lipinski definition) is 1. The van der Waals surface area contributed by atoms with Crippen molar-refractivity contribution in [3.63, 3.8) is 0 Å². The highest BCUT2D eigenvalue weighted by atomic mass is 32.2. The zero-order chi connectivity index (χ0) is 18.4. The van der Waals surface area contributed by atoms with Crippen molar-refractivity contribution in [2.75, 3.05) is 18.2 Å². The molecule has 0 saturated carbocycles. The number of carbonyl (C=O) groups excluding carboxylic acids is 1. The zero-order valence-corrected chi connectivity index (χ0v) is 15.4. The quantitative estimate of drug-likeness (QED) is 0.621. The van der Waals surface area contributed by atoms with Gasteiger partial charge in [0.25, 0.3) is 5.22 Å². The van der Waals surface area contributed by atoms with Crippen molar-refractivity contribution in [1.29, 1.82) is 5.26 Å². The maximum absolute atomic E-state index is 12.0. The molecule has 0 spiro atoms. The molecule has 1 amide bonds. The topological polar surface area (TPSA) is 101 Å². The standard InChI is InChI=1S/C17H14N4O3S2/c1-23-13-4-2-11(3-5-13)8-15-20-21-17(24-15)26-10-14(22)19-16-12(9-18)6-7-25-16/h2-7H,8,10H2,1H3,(H,19,22). The molecule has 9 heteroatoms. The molecule has 26 heavy (non-hydrogen) atoms. The van der Waals surface area contributed by atoms with Crippen molar-refractivity contribution in [1.82, 2.24) is 10.2 Å². The van der Waals surface area contributed by atoms with E-state index in [4.69, 9.17) is 14.4 Å². The number of carbonyl (C=O) groups is 1. The van der Waals surface area contributed by atoms with E-state index in [0.717, 1.165) is 23.1 Å². The summed E-state index contributed by atoms with van der Waals surface area (Å²) in [6.45, 7) is 0. The monoisotopic (exact) mass is 386 g/mol. The highest BCUT2D eigenvalue weighted by Gasteiger charge is 2.12. The van der Waals surface area contributed by atoms with Crippen LogP contribution in [-0.2, 0) is 11.2 Å². The normalized spacial score (nSPS) is 10.3. The second kappa shape index (κ2) is 8.51. The van der Waals surface area contributed by atoms with Crippen molar-refractivity contribution in [3.05, 3.63) is 52.7 Å². The SMILES string of the molecule is COc1ccc(Cc2nnc(SCC(=O)Nc3sccc3C#N)o2)cc1. The molecule has 0 fully saturated rings. The van der Waals surface area contributed by atoms with E-state index in [-0.39, 0.29) is 11.7 Å². The summed E-state index contributed by atoms with van der Waals surface area (Å²) in [5.74, 6) is 1.14. The lowest BCUT2D eigenvalue weighted by Crippen LogP contribution is -2.13. The summed E-state index contributed by atoms with van der Waals surface area (Å²) in [7, 11) is 1.62. The Morgan fingerprint density at radius 2 is 2.15 bits per heavy atom. The molecule has 3 aromatic rings. The molecule has 2 aromatic heterocycles. The fourth-order valence-corrected chi connectivity index (χ4v) is 3.40. The van der Waals surface area contributed by atoms with Crippen LogP contribution in [0.4, 0.5) is 5.00 Å². The number of rotatable bonds is 7. The van der Waals surface area contributed by atoms with E-state index in [9.17, 15) is 4.79 Å². The third kappa shape index (κ3) is 4.62. The van der Waals surface area contributed by atoms with E-state index >= 15 is 0 Å². The van der Waals surface area contributed by atoms with Crippen LogP contribution in [0.3, 0.4) is 0 Å². The Kier molecular flexibility index (Phi) is 5.88. The maximum Gasteiger partial charge on any atom is 0.277 e. The van der Waals surface area contributed by atoms with Crippen LogP contribution >= 0.6 is 23.1 Å². The summed E-state index contributed by atoms with van der Waals surface area (Å²) in [4.78, 5) is 12.0. The fraction of sp³-hybridized carbons (Fsp3) is 0.176. The number of anilines is 1. The molecule has 1 aromatic carbocycles. The van der Waals surface area contributed by atoms with Crippen LogP contribution in [-0.4, -0.2) is 29.0 Å². The van der Waals surface area contributed by atoms with Crippen LogP contribution in [0.1, 0.15) is 17.0 Å². The molecular formula is C17H14N4O3S2. The Morgan fingerprint density at radius 1 is 1.35 bits per heavy atom. The van der Waals surface area contributed by atoms with Gasteiger partial charge in [0.15, 0.2) is 0 Å². The molecule has 3 rings (SSSR count). The number of thiophene rings is 1. The Balaban J connectivity index is 1.51. The van der Waals surface area contributed by atoms with Gasteiger partial charge in [0.2, 0.25) is 11.8 Å². The van der Waals surface area contributed by atoms with Crippen molar-refractivity contribution in [2.45, 2.75) is 11.6 Å². The van der Waals surface area contributed by atoms with E-state index in [1.807, 2.05) is 30.3 Å². The number of methoxy groups -OCH3 is 1. The molecule has 0 atom stereocenters. The average molecular weight is 386 g/mol. The fourth-order valence-electron chi connectivity index (χ4n) is 2.07. The molecule has 0 aliphatic heterocycles. The Morgan fingerprint density at radius 3 is 2.88 bits per heavy atom. The number of nitrogens with zero attached hydrogens (tertiary/aromatic N) is 3. The van der Waals surface area contributed by atoms with Crippen molar-refractivity contribution in [3.8, 4) is 11.8 Å². The molecule has 2 heterocycles. The largest absolute Gasteiger partial charge is 0.497 e. The molecule has 132 valence electrons. The Hall–Kier alpha value is -2.83. The first-order valence-corrected chi connectivity index (χ1v) is 9.40. The van der Waals surface area contributed by atoms with Gasteiger partial charge in [0.1, 0.15) is 16.8 Å². The summed E-state index contributed by atoms with van der Waals surface area (Å²) in [5.41, 5.74) is 1.47. The number of ether oxygens (including phenoxy) is 1. The number of hydrogen-bond acceptors (Lipinski definition) is 8. The summed E-state index contributed by atoms with van der Waals surface area (Å²) in [6.07, 6.45) is 0.504. The van der Waals surface area contributed by atoms with E-state index in [2.05, 4.69) is 15.5 Å². The average Bonchev–Trinajstić information content (AvgIpc) is 3.29. The minimum Gasteiger partial charge on any atom is -0.497 e. The van der Waals surface area contributed by atoms with E-state index in [1.54, 1.807) is 18.6 Å². The van der Waals surface area contributed by atoms with Gasteiger partial charge in [-0.05, 0) is 29.1 Å². The van der Waals surface area contributed by atoms with Crippen LogP contribution in [0.2, 0.25) is 0 Å². The molecule has 0 bridgehead atoms. The third-order valence-corrected chi connectivity index (χ3v) is 4.98. The second-order valence-electron chi connectivity index (χ2n) is 5.10. The van der Waals surface area contributed by atoms with Gasteiger partial charge >= 0.3 is 0 Å². The van der Waals surface area contributed by atoms with Crippen LogP contribution in [0.5, 0.6) is 5.75 Å². The van der Waals surface area contributed by atoms with Gasteiger partial charge in [-0.2, -0.15) is 5.26 Å². The number of amides is 1. The van der Waals surface area contributed by atoms with Gasteiger partial charge in [-0.25, -0.2) is 0 Å². The molecule has 7 nitrogen and oxygen atoms in total. The lowest BCUT2D eigenvalue weighted by molar-refractivity contribution is -0.113. The molecule has 0 radical (unpaired) electrons. The Labute approximate surface area is 158 Å². The minimum atomic E-state index is -0.233. The number of benzene rings is 1. The van der Waals surface area contributed by atoms with Crippen molar-refractivity contribution < 1.29 is 13.9 Å². The van der Waals surface area contributed by atoms with Crippen molar-refractivity contribution >= 4 is 34.0 Å². The zero-order valence-electron chi connectivity index (χ0n) is 13.8. The number of aromatic nitrogens is 2. The molecule has 0 saturated heterocycles. The van der Waals surface area contributed by atoms with Gasteiger partial charge in [0, 0.05) is 0 Å². The first kappa shape index (κ1) is 18.0. The van der Waals surface area contributed by atoms with Gasteiger partial charge in [-0.15, -0.1) is 21.5 Å². The van der Waals surface area contributed by atoms with Gasteiger partial charge < -0.3 is 14.5 Å². The minimum absolute atomic E-state index is 0.118. The lowest BCUT2D eigenvalue weighted by atomic mass is 10.1. The highest BCUT2D eigenvalue weighted by Crippen LogP contribution is 2.23. The summed E-state index contributed by atoms with van der Waals surface area (Å²) < 4.78 is 10.7. The molecule has 0 aliphatic carbocycles.